The molecule has 0 atom stereocenters. The summed E-state index contributed by atoms with van der Waals surface area (Å²) < 4.78 is 6.19. The van der Waals surface area contributed by atoms with E-state index in [2.05, 4.69) is 134 Å². The van der Waals surface area contributed by atoms with E-state index in [4.69, 9.17) is 4.42 Å². The molecule has 0 N–H and O–H groups in total. The number of para-hydroxylation sites is 2. The van der Waals surface area contributed by atoms with Crippen LogP contribution in [0.3, 0.4) is 0 Å². The number of fused-ring (bicyclic) bond motifs is 8. The van der Waals surface area contributed by atoms with Gasteiger partial charge in [-0.1, -0.05) is 98.8 Å². The molecule has 0 spiro atoms. The summed E-state index contributed by atoms with van der Waals surface area (Å²) in [6.07, 6.45) is 0. The highest BCUT2D eigenvalue weighted by Gasteiger charge is 2.39. The third-order valence-corrected chi connectivity index (χ3v) is 8.40. The fourth-order valence-corrected chi connectivity index (χ4v) is 6.67. The first kappa shape index (κ1) is 22.2. The van der Waals surface area contributed by atoms with Gasteiger partial charge in [0.2, 0.25) is 0 Å². The van der Waals surface area contributed by atoms with Crippen molar-refractivity contribution in [1.29, 1.82) is 0 Å². The minimum absolute atomic E-state index is 0.116. The molecule has 8 rings (SSSR count). The maximum absolute atomic E-state index is 6.19. The van der Waals surface area contributed by atoms with E-state index in [9.17, 15) is 0 Å². The van der Waals surface area contributed by atoms with Crippen molar-refractivity contribution in [3.05, 3.63) is 139 Å². The van der Waals surface area contributed by atoms with Gasteiger partial charge < -0.3 is 9.32 Å². The molecular formula is C37H27NO. The Morgan fingerprint density at radius 1 is 0.564 bits per heavy atom. The SMILES string of the molecule is CC1(C)c2ccccc2-c2c(N(c3ccccc3)c3ccc4oc5ccccc5c4c3)cc3ccccc3c21. The Labute approximate surface area is 227 Å². The summed E-state index contributed by atoms with van der Waals surface area (Å²) >= 11 is 0. The third kappa shape index (κ3) is 3.15. The van der Waals surface area contributed by atoms with Gasteiger partial charge in [0, 0.05) is 33.1 Å². The largest absolute Gasteiger partial charge is 0.456 e. The Balaban J connectivity index is 1.49. The van der Waals surface area contributed by atoms with Crippen LogP contribution in [0.4, 0.5) is 17.1 Å². The molecule has 39 heavy (non-hydrogen) atoms. The first-order chi connectivity index (χ1) is 19.1. The van der Waals surface area contributed by atoms with E-state index >= 15 is 0 Å². The van der Waals surface area contributed by atoms with Crippen molar-refractivity contribution >= 4 is 49.8 Å². The monoisotopic (exact) mass is 501 g/mol. The first-order valence-corrected chi connectivity index (χ1v) is 13.5. The van der Waals surface area contributed by atoms with Gasteiger partial charge in [0.25, 0.3) is 0 Å². The van der Waals surface area contributed by atoms with E-state index in [0.717, 1.165) is 33.3 Å². The van der Waals surface area contributed by atoms with Gasteiger partial charge in [0.05, 0.1) is 5.69 Å². The zero-order valence-corrected chi connectivity index (χ0v) is 22.0. The molecule has 186 valence electrons. The Kier molecular flexibility index (Phi) is 4.60. The van der Waals surface area contributed by atoms with Crippen LogP contribution in [0.1, 0.15) is 25.0 Å². The predicted octanol–water partition coefficient (Wildman–Crippen LogP) is 10.5. The van der Waals surface area contributed by atoms with E-state index in [0.29, 0.717) is 0 Å². The molecule has 0 saturated heterocycles. The van der Waals surface area contributed by atoms with E-state index in [1.807, 2.05) is 12.1 Å². The molecule has 0 fully saturated rings. The van der Waals surface area contributed by atoms with E-state index in [1.54, 1.807) is 0 Å². The molecule has 0 unspecified atom stereocenters. The minimum Gasteiger partial charge on any atom is -0.456 e. The van der Waals surface area contributed by atoms with Crippen molar-refractivity contribution in [2.45, 2.75) is 19.3 Å². The molecule has 2 nitrogen and oxygen atoms in total. The minimum atomic E-state index is -0.116. The molecule has 1 aliphatic carbocycles. The number of rotatable bonds is 3. The van der Waals surface area contributed by atoms with Gasteiger partial charge in [-0.15, -0.1) is 0 Å². The van der Waals surface area contributed by atoms with Crippen LogP contribution >= 0.6 is 0 Å². The fraction of sp³-hybridized carbons (Fsp3) is 0.0811. The molecule has 0 aliphatic heterocycles. The molecule has 1 heterocycles. The molecule has 0 bridgehead atoms. The quantitative estimate of drug-likeness (QED) is 0.239. The lowest BCUT2D eigenvalue weighted by molar-refractivity contribution is 0.666. The lowest BCUT2D eigenvalue weighted by Gasteiger charge is -2.30. The maximum Gasteiger partial charge on any atom is 0.135 e. The third-order valence-electron chi connectivity index (χ3n) is 8.40. The second-order valence-corrected chi connectivity index (χ2v) is 11.0. The first-order valence-electron chi connectivity index (χ1n) is 13.5. The van der Waals surface area contributed by atoms with Crippen molar-refractivity contribution < 1.29 is 4.42 Å². The molecule has 7 aromatic rings. The fourth-order valence-electron chi connectivity index (χ4n) is 6.67. The summed E-state index contributed by atoms with van der Waals surface area (Å²) in [6.45, 7) is 4.73. The normalized spacial score (nSPS) is 13.6. The van der Waals surface area contributed by atoms with E-state index < -0.39 is 0 Å². The summed E-state index contributed by atoms with van der Waals surface area (Å²) in [5, 5.41) is 4.84. The van der Waals surface area contributed by atoms with Crippen molar-refractivity contribution in [2.75, 3.05) is 4.90 Å². The van der Waals surface area contributed by atoms with Crippen molar-refractivity contribution in [2.24, 2.45) is 0 Å². The van der Waals surface area contributed by atoms with E-state index in [1.165, 1.54) is 38.7 Å². The van der Waals surface area contributed by atoms with Gasteiger partial charge in [0.1, 0.15) is 11.2 Å². The number of hydrogen-bond acceptors (Lipinski definition) is 2. The number of anilines is 3. The average molecular weight is 502 g/mol. The topological polar surface area (TPSA) is 16.4 Å². The van der Waals surface area contributed by atoms with Gasteiger partial charge in [-0.2, -0.15) is 0 Å². The van der Waals surface area contributed by atoms with Gasteiger partial charge in [-0.05, 0) is 69.9 Å². The summed E-state index contributed by atoms with van der Waals surface area (Å²) in [6, 6.07) is 45.7. The zero-order chi connectivity index (χ0) is 26.1. The number of hydrogen-bond donors (Lipinski definition) is 0. The van der Waals surface area contributed by atoms with Gasteiger partial charge >= 0.3 is 0 Å². The average Bonchev–Trinajstić information content (AvgIpc) is 3.46. The summed E-state index contributed by atoms with van der Waals surface area (Å²) in [5.74, 6) is 0. The smallest absolute Gasteiger partial charge is 0.135 e. The van der Waals surface area contributed by atoms with Crippen molar-refractivity contribution in [3.8, 4) is 11.1 Å². The van der Waals surface area contributed by atoms with Crippen LogP contribution < -0.4 is 4.90 Å². The lowest BCUT2D eigenvalue weighted by Crippen LogP contribution is -2.16. The van der Waals surface area contributed by atoms with Crippen LogP contribution in [0.25, 0.3) is 43.8 Å². The highest BCUT2D eigenvalue weighted by atomic mass is 16.3. The highest BCUT2D eigenvalue weighted by molar-refractivity contribution is 6.09. The molecular weight excluding hydrogens is 474 g/mol. The number of nitrogens with zero attached hydrogens (tertiary/aromatic N) is 1. The van der Waals surface area contributed by atoms with Crippen LogP contribution in [0.2, 0.25) is 0 Å². The van der Waals surface area contributed by atoms with Gasteiger partial charge in [-0.3, -0.25) is 0 Å². The summed E-state index contributed by atoms with van der Waals surface area (Å²) in [5.41, 5.74) is 10.5. The zero-order valence-electron chi connectivity index (χ0n) is 22.0. The molecule has 1 aromatic heterocycles. The van der Waals surface area contributed by atoms with Crippen LogP contribution in [0.15, 0.2) is 132 Å². The van der Waals surface area contributed by atoms with E-state index in [-0.39, 0.29) is 5.41 Å². The van der Waals surface area contributed by atoms with Crippen molar-refractivity contribution in [3.63, 3.8) is 0 Å². The predicted molar refractivity (Wildman–Crippen MR) is 163 cm³/mol. The summed E-state index contributed by atoms with van der Waals surface area (Å²) in [7, 11) is 0. The van der Waals surface area contributed by atoms with Crippen LogP contribution in [-0.2, 0) is 5.41 Å². The molecule has 1 aliphatic rings. The lowest BCUT2D eigenvalue weighted by atomic mass is 9.80. The van der Waals surface area contributed by atoms with Crippen LogP contribution in [0, 0.1) is 0 Å². The molecule has 0 saturated carbocycles. The van der Waals surface area contributed by atoms with Crippen molar-refractivity contribution in [1.82, 2.24) is 0 Å². The molecule has 0 amide bonds. The van der Waals surface area contributed by atoms with Gasteiger partial charge in [0.15, 0.2) is 0 Å². The number of furan rings is 1. The Morgan fingerprint density at radius 2 is 1.26 bits per heavy atom. The van der Waals surface area contributed by atoms with Gasteiger partial charge in [-0.25, -0.2) is 0 Å². The molecule has 2 heteroatoms. The Bertz CT molecular complexity index is 2050. The molecule has 6 aromatic carbocycles. The second-order valence-electron chi connectivity index (χ2n) is 11.0. The Morgan fingerprint density at radius 3 is 2.13 bits per heavy atom. The maximum atomic E-state index is 6.19. The summed E-state index contributed by atoms with van der Waals surface area (Å²) in [4.78, 5) is 2.42. The highest BCUT2D eigenvalue weighted by Crippen LogP contribution is 2.56. The standard InChI is InChI=1S/C37H27NO/c1-37(2)31-18-10-8-17-29(31)35-32(22-24-12-6-7-15-27(24)36(35)37)38(25-13-4-3-5-14-25)26-20-21-34-30(23-26)28-16-9-11-19-33(28)39-34/h3-23H,1-2H3. The number of benzene rings is 6. The Hall–Kier alpha value is -4.82. The van der Waals surface area contributed by atoms with Crippen LogP contribution in [0.5, 0.6) is 0 Å². The van der Waals surface area contributed by atoms with Crippen LogP contribution in [-0.4, -0.2) is 0 Å². The molecule has 0 radical (unpaired) electrons. The second kappa shape index (κ2) is 8.09.